The van der Waals surface area contributed by atoms with Gasteiger partial charge in [-0.15, -0.1) is 0 Å². The highest BCUT2D eigenvalue weighted by Crippen LogP contribution is 2.27. The highest BCUT2D eigenvalue weighted by atomic mass is 16.5. The van der Waals surface area contributed by atoms with Crippen molar-refractivity contribution in [2.75, 3.05) is 0 Å². The maximum Gasteiger partial charge on any atom is 0.131 e. The molecule has 84 valence electrons. The second kappa shape index (κ2) is 4.00. The van der Waals surface area contributed by atoms with Gasteiger partial charge in [0.2, 0.25) is 0 Å². The SMILES string of the molecule is Cc1cccc(C(C)c2cncn2O)c1C. The molecule has 1 heterocycles. The Balaban J connectivity index is 2.46. The summed E-state index contributed by atoms with van der Waals surface area (Å²) in [5.74, 6) is 0.146. The van der Waals surface area contributed by atoms with E-state index in [0.717, 1.165) is 10.4 Å². The molecule has 1 N–H and O–H groups in total. The average Bonchev–Trinajstić information content (AvgIpc) is 2.68. The van der Waals surface area contributed by atoms with E-state index in [0.29, 0.717) is 0 Å². The number of rotatable bonds is 2. The lowest BCUT2D eigenvalue weighted by molar-refractivity contribution is 0.175. The molecule has 1 atom stereocenters. The van der Waals surface area contributed by atoms with Crippen LogP contribution in [-0.2, 0) is 0 Å². The standard InChI is InChI=1S/C13H16N2O/c1-9-5-4-6-12(10(9)2)11(3)13-7-14-8-15(13)16/h4-8,11,16H,1-3H3. The van der Waals surface area contributed by atoms with Crippen molar-refractivity contribution in [1.82, 2.24) is 9.71 Å². The fraction of sp³-hybridized carbons (Fsp3) is 0.308. The van der Waals surface area contributed by atoms with Crippen molar-refractivity contribution in [3.8, 4) is 0 Å². The van der Waals surface area contributed by atoms with Crippen LogP contribution in [0.4, 0.5) is 0 Å². The predicted octanol–water partition coefficient (Wildman–Crippen LogP) is 2.89. The van der Waals surface area contributed by atoms with E-state index in [1.807, 2.05) is 6.07 Å². The molecule has 0 bridgehead atoms. The van der Waals surface area contributed by atoms with Gasteiger partial charge in [0.25, 0.3) is 0 Å². The van der Waals surface area contributed by atoms with Crippen molar-refractivity contribution in [2.45, 2.75) is 26.7 Å². The molecule has 2 rings (SSSR count). The molecule has 1 unspecified atom stereocenters. The lowest BCUT2D eigenvalue weighted by Crippen LogP contribution is -2.05. The molecule has 0 fully saturated rings. The molecular formula is C13H16N2O. The van der Waals surface area contributed by atoms with Crippen LogP contribution in [0.5, 0.6) is 0 Å². The molecule has 2 aromatic rings. The largest absolute Gasteiger partial charge is 0.427 e. The summed E-state index contributed by atoms with van der Waals surface area (Å²) < 4.78 is 1.09. The molecule has 1 aromatic carbocycles. The van der Waals surface area contributed by atoms with Crippen LogP contribution in [0.15, 0.2) is 30.7 Å². The first kappa shape index (κ1) is 10.7. The minimum atomic E-state index is 0.146. The highest BCUT2D eigenvalue weighted by molar-refractivity contribution is 5.38. The molecule has 3 heteroatoms. The van der Waals surface area contributed by atoms with Gasteiger partial charge in [0, 0.05) is 5.92 Å². The number of aryl methyl sites for hydroxylation is 1. The van der Waals surface area contributed by atoms with E-state index < -0.39 is 0 Å². The lowest BCUT2D eigenvalue weighted by Gasteiger charge is -2.15. The summed E-state index contributed by atoms with van der Waals surface area (Å²) >= 11 is 0. The Hall–Kier alpha value is -1.77. The van der Waals surface area contributed by atoms with E-state index in [9.17, 15) is 5.21 Å². The van der Waals surface area contributed by atoms with E-state index in [-0.39, 0.29) is 5.92 Å². The van der Waals surface area contributed by atoms with E-state index in [1.165, 1.54) is 23.0 Å². The molecule has 0 saturated heterocycles. The summed E-state index contributed by atoms with van der Waals surface area (Å²) in [5.41, 5.74) is 4.59. The van der Waals surface area contributed by atoms with Crippen LogP contribution in [0.25, 0.3) is 0 Å². The summed E-state index contributed by atoms with van der Waals surface area (Å²) in [6.07, 6.45) is 3.11. The van der Waals surface area contributed by atoms with Gasteiger partial charge in [-0.1, -0.05) is 25.1 Å². The van der Waals surface area contributed by atoms with E-state index in [1.54, 1.807) is 6.20 Å². The van der Waals surface area contributed by atoms with Gasteiger partial charge in [-0.05, 0) is 30.5 Å². The zero-order valence-electron chi connectivity index (χ0n) is 9.81. The molecule has 0 radical (unpaired) electrons. The van der Waals surface area contributed by atoms with Crippen LogP contribution < -0.4 is 0 Å². The number of imidazole rings is 1. The Bertz CT molecular complexity index is 502. The molecule has 1 aromatic heterocycles. The van der Waals surface area contributed by atoms with Crippen LogP contribution in [0.1, 0.15) is 35.2 Å². The van der Waals surface area contributed by atoms with E-state index in [4.69, 9.17) is 0 Å². The number of hydrogen-bond donors (Lipinski definition) is 1. The van der Waals surface area contributed by atoms with Gasteiger partial charge in [0.1, 0.15) is 6.33 Å². The minimum absolute atomic E-state index is 0.146. The number of nitrogens with zero attached hydrogens (tertiary/aromatic N) is 2. The smallest absolute Gasteiger partial charge is 0.131 e. The van der Waals surface area contributed by atoms with Gasteiger partial charge < -0.3 is 5.21 Å². The molecule has 3 nitrogen and oxygen atoms in total. The summed E-state index contributed by atoms with van der Waals surface area (Å²) in [6, 6.07) is 6.24. The zero-order valence-corrected chi connectivity index (χ0v) is 9.81. The molecule has 16 heavy (non-hydrogen) atoms. The van der Waals surface area contributed by atoms with Crippen LogP contribution in [0, 0.1) is 13.8 Å². The van der Waals surface area contributed by atoms with Crippen molar-refractivity contribution >= 4 is 0 Å². The first-order valence-corrected chi connectivity index (χ1v) is 5.39. The van der Waals surface area contributed by atoms with Crippen molar-refractivity contribution < 1.29 is 5.21 Å². The van der Waals surface area contributed by atoms with Crippen LogP contribution in [0.2, 0.25) is 0 Å². The van der Waals surface area contributed by atoms with Gasteiger partial charge >= 0.3 is 0 Å². The van der Waals surface area contributed by atoms with Crippen molar-refractivity contribution in [2.24, 2.45) is 0 Å². The average molecular weight is 216 g/mol. The van der Waals surface area contributed by atoms with Gasteiger partial charge in [-0.25, -0.2) is 4.98 Å². The highest BCUT2D eigenvalue weighted by Gasteiger charge is 2.15. The fourth-order valence-electron chi connectivity index (χ4n) is 2.01. The third kappa shape index (κ3) is 1.69. The fourth-order valence-corrected chi connectivity index (χ4v) is 2.01. The van der Waals surface area contributed by atoms with Gasteiger partial charge in [0.05, 0.1) is 11.9 Å². The third-order valence-electron chi connectivity index (χ3n) is 3.20. The molecule has 0 aliphatic heterocycles. The summed E-state index contributed by atoms with van der Waals surface area (Å²) in [5, 5.41) is 9.60. The van der Waals surface area contributed by atoms with Crippen molar-refractivity contribution in [3.05, 3.63) is 53.1 Å². The Labute approximate surface area is 95.3 Å². The van der Waals surface area contributed by atoms with Crippen molar-refractivity contribution in [3.63, 3.8) is 0 Å². The normalized spacial score (nSPS) is 12.7. The van der Waals surface area contributed by atoms with Crippen molar-refractivity contribution in [1.29, 1.82) is 0 Å². The molecule has 0 aliphatic rings. The monoisotopic (exact) mass is 216 g/mol. The molecular weight excluding hydrogens is 200 g/mol. The topological polar surface area (TPSA) is 38.0 Å². The number of aromatic nitrogens is 2. The van der Waals surface area contributed by atoms with Gasteiger partial charge in [0.15, 0.2) is 0 Å². The summed E-state index contributed by atoms with van der Waals surface area (Å²) in [7, 11) is 0. The minimum Gasteiger partial charge on any atom is -0.427 e. The van der Waals surface area contributed by atoms with Crippen LogP contribution in [0.3, 0.4) is 0 Å². The molecule has 0 spiro atoms. The Morgan fingerprint density at radius 3 is 2.69 bits per heavy atom. The Kier molecular flexibility index (Phi) is 2.69. The van der Waals surface area contributed by atoms with Crippen LogP contribution >= 0.6 is 0 Å². The Morgan fingerprint density at radius 1 is 1.31 bits per heavy atom. The lowest BCUT2D eigenvalue weighted by atomic mass is 9.92. The molecule has 0 amide bonds. The maximum absolute atomic E-state index is 9.60. The van der Waals surface area contributed by atoms with E-state index >= 15 is 0 Å². The maximum atomic E-state index is 9.60. The molecule has 0 saturated carbocycles. The van der Waals surface area contributed by atoms with Gasteiger partial charge in [-0.3, -0.25) is 0 Å². The predicted molar refractivity (Wildman–Crippen MR) is 62.8 cm³/mol. The second-order valence-corrected chi connectivity index (χ2v) is 4.17. The third-order valence-corrected chi connectivity index (χ3v) is 3.20. The first-order chi connectivity index (χ1) is 7.61. The number of hydrogen-bond acceptors (Lipinski definition) is 2. The summed E-state index contributed by atoms with van der Waals surface area (Å²) in [6.45, 7) is 6.28. The summed E-state index contributed by atoms with van der Waals surface area (Å²) in [4.78, 5) is 3.93. The first-order valence-electron chi connectivity index (χ1n) is 5.39. The van der Waals surface area contributed by atoms with Gasteiger partial charge in [-0.2, -0.15) is 4.73 Å². The zero-order chi connectivity index (χ0) is 11.7. The van der Waals surface area contributed by atoms with Crippen LogP contribution in [-0.4, -0.2) is 14.9 Å². The molecule has 0 aliphatic carbocycles. The second-order valence-electron chi connectivity index (χ2n) is 4.17. The quantitative estimate of drug-likeness (QED) is 0.784. The number of benzene rings is 1. The Morgan fingerprint density at radius 2 is 2.06 bits per heavy atom. The van der Waals surface area contributed by atoms with E-state index in [2.05, 4.69) is 37.9 Å².